The highest BCUT2D eigenvalue weighted by atomic mass is 19.4. The Hall–Kier alpha value is -1.00. The van der Waals surface area contributed by atoms with E-state index in [2.05, 4.69) is 0 Å². The molecule has 2 nitrogen and oxygen atoms in total. The molecule has 0 saturated heterocycles. The first kappa shape index (κ1) is 15.1. The van der Waals surface area contributed by atoms with E-state index < -0.39 is 23.7 Å². The maximum atomic E-state index is 12.6. The predicted molar refractivity (Wildman–Crippen MR) is 61.9 cm³/mol. The fourth-order valence-electron chi connectivity index (χ4n) is 2.00. The molecule has 1 aliphatic carbocycles. The van der Waals surface area contributed by atoms with Gasteiger partial charge in [0.1, 0.15) is 5.60 Å². The van der Waals surface area contributed by atoms with Gasteiger partial charge in [0.2, 0.25) is 0 Å². The molecule has 0 spiro atoms. The van der Waals surface area contributed by atoms with Crippen molar-refractivity contribution < 1.29 is 22.7 Å². The van der Waals surface area contributed by atoms with Crippen molar-refractivity contribution in [2.24, 2.45) is 5.92 Å². The number of alkyl halides is 3. The summed E-state index contributed by atoms with van der Waals surface area (Å²) in [7, 11) is 0. The Morgan fingerprint density at radius 3 is 2.44 bits per heavy atom. The largest absolute Gasteiger partial charge is 0.457 e. The van der Waals surface area contributed by atoms with Gasteiger partial charge in [-0.1, -0.05) is 5.57 Å². The lowest BCUT2D eigenvalue weighted by molar-refractivity contribution is -0.178. The van der Waals surface area contributed by atoms with Gasteiger partial charge in [-0.05, 0) is 46.5 Å². The Kier molecular flexibility index (Phi) is 4.46. The minimum atomic E-state index is -4.17. The summed E-state index contributed by atoms with van der Waals surface area (Å²) in [6, 6.07) is 0. The van der Waals surface area contributed by atoms with Crippen LogP contribution in [0, 0.1) is 5.92 Å². The van der Waals surface area contributed by atoms with Crippen molar-refractivity contribution in [1.29, 1.82) is 0 Å². The minimum Gasteiger partial charge on any atom is -0.457 e. The highest BCUT2D eigenvalue weighted by molar-refractivity contribution is 5.83. The smallest absolute Gasteiger partial charge is 0.392 e. The van der Waals surface area contributed by atoms with Crippen molar-refractivity contribution in [3.05, 3.63) is 11.6 Å². The van der Waals surface area contributed by atoms with E-state index in [9.17, 15) is 18.0 Å². The number of rotatable bonds is 1. The van der Waals surface area contributed by atoms with Crippen LogP contribution in [0.4, 0.5) is 13.2 Å². The van der Waals surface area contributed by atoms with Gasteiger partial charge in [0, 0.05) is 6.08 Å². The summed E-state index contributed by atoms with van der Waals surface area (Å²) in [5, 5.41) is 0. The molecule has 5 heteroatoms. The van der Waals surface area contributed by atoms with Crippen molar-refractivity contribution in [1.82, 2.24) is 0 Å². The van der Waals surface area contributed by atoms with Crippen molar-refractivity contribution in [3.8, 4) is 0 Å². The molecule has 0 aromatic heterocycles. The van der Waals surface area contributed by atoms with Gasteiger partial charge in [0.05, 0.1) is 5.92 Å². The second kappa shape index (κ2) is 5.33. The summed E-state index contributed by atoms with van der Waals surface area (Å²) in [4.78, 5) is 11.5. The molecule has 1 fully saturated rings. The van der Waals surface area contributed by atoms with Gasteiger partial charge >= 0.3 is 12.1 Å². The topological polar surface area (TPSA) is 26.3 Å². The van der Waals surface area contributed by atoms with Crippen LogP contribution in [0.1, 0.15) is 46.5 Å². The predicted octanol–water partition coefficient (Wildman–Crippen LogP) is 4.01. The SMILES string of the molecule is CC(C)(C)OC(=O)/C=C1/CCCC(C(F)(F)F)C1. The van der Waals surface area contributed by atoms with Crippen LogP contribution in [0.5, 0.6) is 0 Å². The zero-order valence-corrected chi connectivity index (χ0v) is 10.9. The Morgan fingerprint density at radius 2 is 1.94 bits per heavy atom. The van der Waals surface area contributed by atoms with Crippen molar-refractivity contribution in [2.45, 2.75) is 58.2 Å². The normalized spacial score (nSPS) is 24.1. The first-order valence-electron chi connectivity index (χ1n) is 6.07. The van der Waals surface area contributed by atoms with Gasteiger partial charge in [0.25, 0.3) is 0 Å². The number of hydrogen-bond donors (Lipinski definition) is 0. The number of hydrogen-bond acceptors (Lipinski definition) is 2. The second-order valence-corrected chi connectivity index (χ2v) is 5.67. The second-order valence-electron chi connectivity index (χ2n) is 5.67. The lowest BCUT2D eigenvalue weighted by Gasteiger charge is -2.26. The minimum absolute atomic E-state index is 0.0806. The Labute approximate surface area is 105 Å². The molecule has 1 unspecified atom stereocenters. The number of esters is 1. The third-order valence-corrected chi connectivity index (χ3v) is 2.75. The molecule has 104 valence electrons. The summed E-state index contributed by atoms with van der Waals surface area (Å²) in [6.45, 7) is 5.17. The maximum absolute atomic E-state index is 12.6. The van der Waals surface area contributed by atoms with Gasteiger partial charge in [-0.25, -0.2) is 4.79 Å². The fourth-order valence-corrected chi connectivity index (χ4v) is 2.00. The molecule has 1 aliphatic rings. The van der Waals surface area contributed by atoms with E-state index in [1.165, 1.54) is 6.08 Å². The van der Waals surface area contributed by atoms with Crippen LogP contribution in [-0.2, 0) is 9.53 Å². The zero-order chi connectivity index (χ0) is 14.0. The molecule has 0 aromatic rings. The molecule has 0 radical (unpaired) electrons. The first-order valence-corrected chi connectivity index (χ1v) is 6.07. The van der Waals surface area contributed by atoms with Crippen LogP contribution in [-0.4, -0.2) is 17.7 Å². The average molecular weight is 264 g/mol. The molecule has 0 heterocycles. The molecule has 0 amide bonds. The van der Waals surface area contributed by atoms with Gasteiger partial charge in [-0.2, -0.15) is 13.2 Å². The van der Waals surface area contributed by atoms with E-state index in [-0.39, 0.29) is 12.8 Å². The summed E-state index contributed by atoms with van der Waals surface area (Å²) < 4.78 is 42.8. The fraction of sp³-hybridized carbons (Fsp3) is 0.769. The molecular weight excluding hydrogens is 245 g/mol. The third kappa shape index (κ3) is 5.10. The number of ether oxygens (including phenoxy) is 1. The summed E-state index contributed by atoms with van der Waals surface area (Å²) in [5.41, 5.74) is -0.0792. The molecule has 1 rings (SSSR count). The van der Waals surface area contributed by atoms with Crippen molar-refractivity contribution in [2.75, 3.05) is 0 Å². The first-order chi connectivity index (χ1) is 8.08. The van der Waals surface area contributed by atoms with Gasteiger partial charge in [0.15, 0.2) is 0 Å². The number of allylic oxidation sites excluding steroid dienone is 1. The zero-order valence-electron chi connectivity index (χ0n) is 10.9. The van der Waals surface area contributed by atoms with Gasteiger partial charge in [-0.3, -0.25) is 0 Å². The van der Waals surface area contributed by atoms with Crippen LogP contribution in [0.25, 0.3) is 0 Å². The third-order valence-electron chi connectivity index (χ3n) is 2.75. The van der Waals surface area contributed by atoms with Crippen LogP contribution in [0.3, 0.4) is 0 Å². The molecule has 0 aromatic carbocycles. The lowest BCUT2D eigenvalue weighted by Crippen LogP contribution is -2.27. The lowest BCUT2D eigenvalue weighted by atomic mass is 9.85. The van der Waals surface area contributed by atoms with Crippen LogP contribution >= 0.6 is 0 Å². The van der Waals surface area contributed by atoms with Gasteiger partial charge in [-0.15, -0.1) is 0 Å². The average Bonchev–Trinajstić information content (AvgIpc) is 2.13. The highest BCUT2D eigenvalue weighted by Crippen LogP contribution is 2.39. The van der Waals surface area contributed by atoms with Crippen molar-refractivity contribution in [3.63, 3.8) is 0 Å². The molecular formula is C13H19F3O2. The summed E-state index contributed by atoms with van der Waals surface area (Å²) in [5.74, 6) is -1.87. The van der Waals surface area contributed by atoms with E-state index >= 15 is 0 Å². The van der Waals surface area contributed by atoms with Gasteiger partial charge < -0.3 is 4.74 Å². The van der Waals surface area contributed by atoms with E-state index in [0.29, 0.717) is 18.4 Å². The number of carbonyl (C=O) groups is 1. The number of carbonyl (C=O) groups excluding carboxylic acids is 1. The molecule has 0 bridgehead atoms. The van der Waals surface area contributed by atoms with E-state index in [1.54, 1.807) is 20.8 Å². The van der Waals surface area contributed by atoms with E-state index in [0.717, 1.165) is 0 Å². The molecule has 18 heavy (non-hydrogen) atoms. The Bertz CT molecular complexity index is 337. The van der Waals surface area contributed by atoms with Crippen LogP contribution in [0.2, 0.25) is 0 Å². The van der Waals surface area contributed by atoms with E-state index in [1.807, 2.05) is 0 Å². The molecule has 1 saturated carbocycles. The molecule has 0 N–H and O–H groups in total. The van der Waals surface area contributed by atoms with Crippen molar-refractivity contribution >= 4 is 5.97 Å². The highest BCUT2D eigenvalue weighted by Gasteiger charge is 2.40. The standard InChI is InChI=1S/C13H19F3O2/c1-12(2,3)18-11(17)8-9-5-4-6-10(7-9)13(14,15)16/h8,10H,4-7H2,1-3H3/b9-8-. The summed E-state index contributed by atoms with van der Waals surface area (Å²) >= 11 is 0. The summed E-state index contributed by atoms with van der Waals surface area (Å²) in [6.07, 6.45) is -1.86. The number of halogens is 3. The monoisotopic (exact) mass is 264 g/mol. The molecule has 0 aliphatic heterocycles. The maximum Gasteiger partial charge on any atom is 0.392 e. The van der Waals surface area contributed by atoms with E-state index in [4.69, 9.17) is 4.74 Å². The Balaban J connectivity index is 2.64. The van der Waals surface area contributed by atoms with Crippen LogP contribution in [0.15, 0.2) is 11.6 Å². The van der Waals surface area contributed by atoms with Crippen LogP contribution < -0.4 is 0 Å². The Morgan fingerprint density at radius 1 is 1.33 bits per heavy atom. The quantitative estimate of drug-likeness (QED) is 0.528. The molecule has 1 atom stereocenters.